The molecule has 134 valence electrons. The van der Waals surface area contributed by atoms with Gasteiger partial charge < -0.3 is 19.9 Å². The zero-order chi connectivity index (χ0) is 18.7. The van der Waals surface area contributed by atoms with E-state index in [4.69, 9.17) is 20.9 Å². The van der Waals surface area contributed by atoms with Gasteiger partial charge in [-0.2, -0.15) is 0 Å². The fourth-order valence-electron chi connectivity index (χ4n) is 2.32. The molecule has 0 unspecified atom stereocenters. The molecule has 2 aromatic heterocycles. The molecule has 2 heterocycles. The van der Waals surface area contributed by atoms with Crippen LogP contribution in [0.5, 0.6) is 5.75 Å². The number of hydrogen-bond donors (Lipinski definition) is 2. The molecule has 0 atom stereocenters. The van der Waals surface area contributed by atoms with Crippen molar-refractivity contribution in [3.63, 3.8) is 0 Å². The quantitative estimate of drug-likeness (QED) is 0.692. The van der Waals surface area contributed by atoms with Crippen molar-refractivity contribution >= 4 is 34.8 Å². The lowest BCUT2D eigenvalue weighted by atomic mass is 10.2. The third-order valence-electron chi connectivity index (χ3n) is 3.64. The SMILES string of the molecule is COc1cc(Cl)c(C)cc1Nc1cc(C(=O)Nc2cc(C)on2)ccn1. The average Bonchev–Trinajstić information content (AvgIpc) is 3.03. The standard InChI is InChI=1S/C18H17ClN4O3/c1-10-6-14(15(25-3)9-13(10)19)21-16-8-12(4-5-20-16)18(24)22-17-7-11(2)26-23-17/h4-9H,1-3H3,(H,20,21)(H,22,23,24). The normalized spacial score (nSPS) is 10.5. The van der Waals surface area contributed by atoms with Crippen molar-refractivity contribution in [2.24, 2.45) is 0 Å². The van der Waals surface area contributed by atoms with Crippen LogP contribution in [0.4, 0.5) is 17.3 Å². The van der Waals surface area contributed by atoms with Crippen LogP contribution >= 0.6 is 11.6 Å². The van der Waals surface area contributed by atoms with Gasteiger partial charge in [0.1, 0.15) is 17.3 Å². The van der Waals surface area contributed by atoms with Crippen molar-refractivity contribution < 1.29 is 14.1 Å². The van der Waals surface area contributed by atoms with E-state index in [9.17, 15) is 4.79 Å². The molecule has 26 heavy (non-hydrogen) atoms. The first-order chi connectivity index (χ1) is 12.5. The molecule has 0 spiro atoms. The lowest BCUT2D eigenvalue weighted by Crippen LogP contribution is -2.12. The number of aryl methyl sites for hydroxylation is 2. The molecule has 0 saturated heterocycles. The van der Waals surface area contributed by atoms with Crippen LogP contribution in [0.1, 0.15) is 21.7 Å². The highest BCUT2D eigenvalue weighted by molar-refractivity contribution is 6.31. The van der Waals surface area contributed by atoms with Gasteiger partial charge in [-0.05, 0) is 37.6 Å². The first-order valence-electron chi connectivity index (χ1n) is 7.78. The molecule has 2 N–H and O–H groups in total. The molecule has 0 aliphatic carbocycles. The molecule has 1 amide bonds. The summed E-state index contributed by atoms with van der Waals surface area (Å²) in [4.78, 5) is 16.6. The number of aromatic nitrogens is 2. The number of hydrogen-bond acceptors (Lipinski definition) is 6. The minimum atomic E-state index is -0.317. The summed E-state index contributed by atoms with van der Waals surface area (Å²) < 4.78 is 10.3. The summed E-state index contributed by atoms with van der Waals surface area (Å²) >= 11 is 6.12. The van der Waals surface area contributed by atoms with Crippen LogP contribution in [-0.2, 0) is 0 Å². The molecule has 0 aliphatic heterocycles. The molecule has 0 aliphatic rings. The Morgan fingerprint density at radius 2 is 2.00 bits per heavy atom. The summed E-state index contributed by atoms with van der Waals surface area (Å²) in [6.07, 6.45) is 1.54. The Morgan fingerprint density at radius 1 is 1.19 bits per heavy atom. The Labute approximate surface area is 155 Å². The van der Waals surface area contributed by atoms with Crippen LogP contribution < -0.4 is 15.4 Å². The lowest BCUT2D eigenvalue weighted by Gasteiger charge is -2.13. The van der Waals surface area contributed by atoms with E-state index in [1.807, 2.05) is 13.0 Å². The van der Waals surface area contributed by atoms with E-state index in [1.165, 1.54) is 0 Å². The molecule has 3 rings (SSSR count). The zero-order valence-corrected chi connectivity index (χ0v) is 15.2. The van der Waals surface area contributed by atoms with Crippen molar-refractivity contribution in [2.45, 2.75) is 13.8 Å². The number of nitrogens with one attached hydrogen (secondary N) is 2. The van der Waals surface area contributed by atoms with Crippen molar-refractivity contribution in [3.8, 4) is 5.75 Å². The molecular weight excluding hydrogens is 356 g/mol. The maximum absolute atomic E-state index is 12.4. The van der Waals surface area contributed by atoms with Gasteiger partial charge in [0.05, 0.1) is 12.8 Å². The van der Waals surface area contributed by atoms with Gasteiger partial charge in [-0.1, -0.05) is 16.8 Å². The predicted molar refractivity (Wildman–Crippen MR) is 99.5 cm³/mol. The van der Waals surface area contributed by atoms with Crippen molar-refractivity contribution in [1.82, 2.24) is 10.1 Å². The second-order valence-corrected chi connectivity index (χ2v) is 6.04. The van der Waals surface area contributed by atoms with Gasteiger partial charge in [-0.3, -0.25) is 4.79 Å². The van der Waals surface area contributed by atoms with E-state index in [0.29, 0.717) is 39.4 Å². The first-order valence-corrected chi connectivity index (χ1v) is 8.16. The van der Waals surface area contributed by atoms with E-state index < -0.39 is 0 Å². The summed E-state index contributed by atoms with van der Waals surface area (Å²) in [5, 5.41) is 10.2. The van der Waals surface area contributed by atoms with E-state index in [-0.39, 0.29) is 5.91 Å². The summed E-state index contributed by atoms with van der Waals surface area (Å²) in [7, 11) is 1.56. The number of rotatable bonds is 5. The van der Waals surface area contributed by atoms with Crippen LogP contribution in [0.3, 0.4) is 0 Å². The van der Waals surface area contributed by atoms with Gasteiger partial charge in [-0.15, -0.1) is 0 Å². The van der Waals surface area contributed by atoms with Gasteiger partial charge in [-0.25, -0.2) is 4.98 Å². The summed E-state index contributed by atoms with van der Waals surface area (Å²) in [5.41, 5.74) is 2.02. The van der Waals surface area contributed by atoms with Gasteiger partial charge in [0.2, 0.25) is 0 Å². The van der Waals surface area contributed by atoms with Crippen molar-refractivity contribution in [2.75, 3.05) is 17.7 Å². The van der Waals surface area contributed by atoms with Crippen molar-refractivity contribution in [3.05, 3.63) is 58.4 Å². The van der Waals surface area contributed by atoms with Crippen LogP contribution in [0, 0.1) is 13.8 Å². The predicted octanol–water partition coefficient (Wildman–Crippen LogP) is 4.34. The topological polar surface area (TPSA) is 89.3 Å². The maximum Gasteiger partial charge on any atom is 0.257 e. The first kappa shape index (κ1) is 17.8. The monoisotopic (exact) mass is 372 g/mol. The fourth-order valence-corrected chi connectivity index (χ4v) is 2.48. The second-order valence-electron chi connectivity index (χ2n) is 5.63. The number of amides is 1. The number of benzene rings is 1. The Hall–Kier alpha value is -3.06. The van der Waals surface area contributed by atoms with Crippen LogP contribution in [0.2, 0.25) is 5.02 Å². The molecule has 8 heteroatoms. The zero-order valence-electron chi connectivity index (χ0n) is 14.5. The number of ether oxygens (including phenoxy) is 1. The Kier molecular flexibility index (Phi) is 5.09. The number of halogens is 1. The number of anilines is 3. The second kappa shape index (κ2) is 7.45. The fraction of sp³-hybridized carbons (Fsp3) is 0.167. The number of nitrogens with zero attached hydrogens (tertiary/aromatic N) is 2. The van der Waals surface area contributed by atoms with E-state index in [1.54, 1.807) is 44.5 Å². The third kappa shape index (κ3) is 3.94. The molecule has 0 bridgehead atoms. The Balaban J connectivity index is 1.81. The van der Waals surface area contributed by atoms with Crippen LogP contribution in [0.15, 0.2) is 41.1 Å². The largest absolute Gasteiger partial charge is 0.495 e. The molecular formula is C18H17ClN4O3. The maximum atomic E-state index is 12.4. The van der Waals surface area contributed by atoms with Gasteiger partial charge >= 0.3 is 0 Å². The summed E-state index contributed by atoms with van der Waals surface area (Å²) in [6, 6.07) is 8.46. The minimum Gasteiger partial charge on any atom is -0.495 e. The summed E-state index contributed by atoms with van der Waals surface area (Å²) in [6.45, 7) is 3.64. The summed E-state index contributed by atoms with van der Waals surface area (Å²) in [5.74, 6) is 1.73. The van der Waals surface area contributed by atoms with Gasteiger partial charge in [0.15, 0.2) is 5.82 Å². The molecule has 0 fully saturated rings. The van der Waals surface area contributed by atoms with E-state index in [2.05, 4.69) is 20.8 Å². The molecule has 0 saturated carbocycles. The van der Waals surface area contributed by atoms with E-state index >= 15 is 0 Å². The Morgan fingerprint density at radius 3 is 2.69 bits per heavy atom. The van der Waals surface area contributed by atoms with Crippen LogP contribution in [-0.4, -0.2) is 23.2 Å². The van der Waals surface area contributed by atoms with Gasteiger partial charge in [0, 0.05) is 28.9 Å². The minimum absolute atomic E-state index is 0.317. The lowest BCUT2D eigenvalue weighted by molar-refractivity contribution is 0.102. The molecule has 3 aromatic rings. The number of carbonyl (C=O) groups excluding carboxylic acids is 1. The highest BCUT2D eigenvalue weighted by Crippen LogP contribution is 2.32. The molecule has 1 aromatic carbocycles. The Bertz CT molecular complexity index is 955. The molecule has 0 radical (unpaired) electrons. The highest BCUT2D eigenvalue weighted by Gasteiger charge is 2.12. The van der Waals surface area contributed by atoms with Crippen LogP contribution in [0.25, 0.3) is 0 Å². The third-order valence-corrected chi connectivity index (χ3v) is 4.04. The number of methoxy groups -OCH3 is 1. The van der Waals surface area contributed by atoms with Gasteiger partial charge in [0.25, 0.3) is 5.91 Å². The molecule has 7 nitrogen and oxygen atoms in total. The highest BCUT2D eigenvalue weighted by atomic mass is 35.5. The number of pyridine rings is 1. The average molecular weight is 373 g/mol. The number of carbonyl (C=O) groups is 1. The smallest absolute Gasteiger partial charge is 0.257 e. The van der Waals surface area contributed by atoms with Crippen molar-refractivity contribution in [1.29, 1.82) is 0 Å². The van der Waals surface area contributed by atoms with E-state index in [0.717, 1.165) is 5.56 Å².